The Hall–Kier alpha value is -1.06. The summed E-state index contributed by atoms with van der Waals surface area (Å²) in [6.07, 6.45) is 1.99. The molecule has 4 heteroatoms. The maximum Gasteiger partial charge on any atom is 0.104 e. The van der Waals surface area contributed by atoms with Gasteiger partial charge in [-0.05, 0) is 6.42 Å². The van der Waals surface area contributed by atoms with Crippen LogP contribution in [0, 0.1) is 5.92 Å². The molecule has 0 aromatic rings. The summed E-state index contributed by atoms with van der Waals surface area (Å²) in [7, 11) is 0. The van der Waals surface area contributed by atoms with Crippen molar-refractivity contribution in [3.8, 4) is 0 Å². The smallest absolute Gasteiger partial charge is 0.104 e. The predicted octanol–water partition coefficient (Wildman–Crippen LogP) is 1.32. The molecule has 1 unspecified atom stereocenters. The Labute approximate surface area is 59.9 Å². The van der Waals surface area contributed by atoms with Crippen LogP contribution < -0.4 is 0 Å². The summed E-state index contributed by atoms with van der Waals surface area (Å²) in [5, 5.41) is 22.1. The van der Waals surface area contributed by atoms with Crippen molar-refractivity contribution in [2.24, 2.45) is 16.2 Å². The molecule has 0 radical (unpaired) electrons. The lowest BCUT2D eigenvalue weighted by Gasteiger charge is -2.03. The lowest BCUT2D eigenvalue weighted by molar-refractivity contribution is 0.312. The Morgan fingerprint density at radius 3 is 2.50 bits per heavy atom. The van der Waals surface area contributed by atoms with Gasteiger partial charge in [0.05, 0.1) is 6.21 Å². The quantitative estimate of drug-likeness (QED) is 0.356. The first kappa shape index (κ1) is 8.94. The molecule has 1 atom stereocenters. The Bertz CT molecular complexity index is 143. The number of hydrogen-bond donors (Lipinski definition) is 2. The zero-order chi connectivity index (χ0) is 7.98. The van der Waals surface area contributed by atoms with Crippen LogP contribution in [0.2, 0.25) is 0 Å². The molecule has 0 aliphatic rings. The standard InChI is InChI=1S/C6H12N2O2/c1-3-5(2)6(8-10)4-7-9/h4-5,9-10H,3H2,1-2H3. The van der Waals surface area contributed by atoms with E-state index in [4.69, 9.17) is 10.4 Å². The van der Waals surface area contributed by atoms with E-state index in [1.165, 1.54) is 0 Å². The van der Waals surface area contributed by atoms with Crippen LogP contribution in [-0.2, 0) is 0 Å². The van der Waals surface area contributed by atoms with Gasteiger partial charge in [0.1, 0.15) is 5.71 Å². The van der Waals surface area contributed by atoms with Crippen molar-refractivity contribution in [3.05, 3.63) is 0 Å². The molecule has 58 valence electrons. The molecule has 4 nitrogen and oxygen atoms in total. The topological polar surface area (TPSA) is 65.2 Å². The normalized spacial score (nSPS) is 16.0. The third kappa shape index (κ3) is 2.48. The molecule has 0 rings (SSSR count). The minimum Gasteiger partial charge on any atom is -0.411 e. The van der Waals surface area contributed by atoms with E-state index in [1.54, 1.807) is 0 Å². The summed E-state index contributed by atoms with van der Waals surface area (Å²) in [5.41, 5.74) is 0.394. The van der Waals surface area contributed by atoms with Crippen LogP contribution in [0.1, 0.15) is 20.3 Å². The van der Waals surface area contributed by atoms with Crippen LogP contribution in [0.5, 0.6) is 0 Å². The van der Waals surface area contributed by atoms with Gasteiger partial charge in [-0.15, -0.1) is 0 Å². The Balaban J connectivity index is 4.08. The van der Waals surface area contributed by atoms with Gasteiger partial charge in [-0.3, -0.25) is 0 Å². The summed E-state index contributed by atoms with van der Waals surface area (Å²) < 4.78 is 0. The first-order chi connectivity index (χ1) is 4.76. The molecule has 0 aromatic carbocycles. The lowest BCUT2D eigenvalue weighted by Crippen LogP contribution is -2.11. The highest BCUT2D eigenvalue weighted by Crippen LogP contribution is 2.01. The lowest BCUT2D eigenvalue weighted by atomic mass is 10.0. The molecule has 0 aliphatic heterocycles. The van der Waals surface area contributed by atoms with Gasteiger partial charge in [-0.25, -0.2) is 0 Å². The van der Waals surface area contributed by atoms with E-state index in [9.17, 15) is 0 Å². The van der Waals surface area contributed by atoms with Crippen molar-refractivity contribution in [1.82, 2.24) is 0 Å². The molecular formula is C6H12N2O2. The van der Waals surface area contributed by atoms with Gasteiger partial charge in [0.25, 0.3) is 0 Å². The molecule has 0 amide bonds. The summed E-state index contributed by atoms with van der Waals surface area (Å²) in [5.74, 6) is 0.126. The van der Waals surface area contributed by atoms with Crippen LogP contribution in [0.25, 0.3) is 0 Å². The molecule has 0 aliphatic carbocycles. The Morgan fingerprint density at radius 2 is 2.20 bits per heavy atom. The second kappa shape index (κ2) is 4.78. The Morgan fingerprint density at radius 1 is 1.60 bits per heavy atom. The molecule has 0 bridgehead atoms. The maximum atomic E-state index is 8.34. The summed E-state index contributed by atoms with van der Waals surface area (Å²) in [6, 6.07) is 0. The molecule has 0 saturated heterocycles. The largest absolute Gasteiger partial charge is 0.411 e. The van der Waals surface area contributed by atoms with Gasteiger partial charge in [-0.2, -0.15) is 0 Å². The van der Waals surface area contributed by atoms with Crippen LogP contribution >= 0.6 is 0 Å². The van der Waals surface area contributed by atoms with Gasteiger partial charge in [0.15, 0.2) is 0 Å². The van der Waals surface area contributed by atoms with Crippen LogP contribution in [0.15, 0.2) is 10.3 Å². The van der Waals surface area contributed by atoms with Crippen molar-refractivity contribution >= 4 is 11.9 Å². The summed E-state index contributed by atoms with van der Waals surface area (Å²) in [4.78, 5) is 0. The third-order valence-corrected chi connectivity index (χ3v) is 1.42. The van der Waals surface area contributed by atoms with E-state index in [0.29, 0.717) is 5.71 Å². The van der Waals surface area contributed by atoms with Crippen molar-refractivity contribution in [3.63, 3.8) is 0 Å². The molecule has 2 N–H and O–H groups in total. The van der Waals surface area contributed by atoms with E-state index in [1.807, 2.05) is 13.8 Å². The molecule has 0 saturated carbocycles. The highest BCUT2D eigenvalue weighted by Gasteiger charge is 2.05. The maximum absolute atomic E-state index is 8.34. The van der Waals surface area contributed by atoms with E-state index in [0.717, 1.165) is 12.6 Å². The van der Waals surface area contributed by atoms with Crippen molar-refractivity contribution < 1.29 is 10.4 Å². The van der Waals surface area contributed by atoms with Gasteiger partial charge in [0, 0.05) is 5.92 Å². The average Bonchev–Trinajstić information content (AvgIpc) is 1.99. The zero-order valence-electron chi connectivity index (χ0n) is 6.15. The van der Waals surface area contributed by atoms with Crippen molar-refractivity contribution in [1.29, 1.82) is 0 Å². The first-order valence-corrected chi connectivity index (χ1v) is 3.15. The molecule has 0 heterocycles. The predicted molar refractivity (Wildman–Crippen MR) is 39.0 cm³/mol. The SMILES string of the molecule is CCC(C)C(C=NO)=NO. The van der Waals surface area contributed by atoms with Gasteiger partial charge < -0.3 is 10.4 Å². The van der Waals surface area contributed by atoms with E-state index in [2.05, 4.69) is 10.3 Å². The van der Waals surface area contributed by atoms with E-state index >= 15 is 0 Å². The number of oxime groups is 2. The fraction of sp³-hybridized carbons (Fsp3) is 0.667. The van der Waals surface area contributed by atoms with Crippen molar-refractivity contribution in [2.75, 3.05) is 0 Å². The van der Waals surface area contributed by atoms with Gasteiger partial charge in [-0.1, -0.05) is 24.2 Å². The highest BCUT2D eigenvalue weighted by atomic mass is 16.4. The monoisotopic (exact) mass is 144 g/mol. The minimum atomic E-state index is 0.126. The number of hydrogen-bond acceptors (Lipinski definition) is 4. The first-order valence-electron chi connectivity index (χ1n) is 3.15. The van der Waals surface area contributed by atoms with Gasteiger partial charge >= 0.3 is 0 Å². The summed E-state index contributed by atoms with van der Waals surface area (Å²) in [6.45, 7) is 3.85. The fourth-order valence-electron chi connectivity index (χ4n) is 0.520. The van der Waals surface area contributed by atoms with Crippen molar-refractivity contribution in [2.45, 2.75) is 20.3 Å². The number of rotatable bonds is 3. The minimum absolute atomic E-state index is 0.126. The second-order valence-electron chi connectivity index (χ2n) is 2.08. The molecule has 0 spiro atoms. The average molecular weight is 144 g/mol. The van der Waals surface area contributed by atoms with E-state index in [-0.39, 0.29) is 5.92 Å². The second-order valence-corrected chi connectivity index (χ2v) is 2.08. The molecule has 10 heavy (non-hydrogen) atoms. The highest BCUT2D eigenvalue weighted by molar-refractivity contribution is 6.31. The zero-order valence-corrected chi connectivity index (χ0v) is 6.15. The van der Waals surface area contributed by atoms with Gasteiger partial charge in [0.2, 0.25) is 0 Å². The van der Waals surface area contributed by atoms with Crippen LogP contribution in [-0.4, -0.2) is 22.3 Å². The summed E-state index contributed by atoms with van der Waals surface area (Å²) >= 11 is 0. The Kier molecular flexibility index (Phi) is 4.28. The third-order valence-electron chi connectivity index (χ3n) is 1.42. The number of nitrogens with zero attached hydrogens (tertiary/aromatic N) is 2. The van der Waals surface area contributed by atoms with Crippen LogP contribution in [0.4, 0.5) is 0 Å². The molecule has 0 fully saturated rings. The molecule has 0 aromatic heterocycles. The van der Waals surface area contributed by atoms with E-state index < -0.39 is 0 Å². The van der Waals surface area contributed by atoms with Crippen LogP contribution in [0.3, 0.4) is 0 Å². The molecular weight excluding hydrogens is 132 g/mol. The fourth-order valence-corrected chi connectivity index (χ4v) is 0.520.